The van der Waals surface area contributed by atoms with Crippen molar-refractivity contribution < 1.29 is 39.4 Å². The molecule has 6 fully saturated rings. The molecule has 6 aliphatic rings. The first-order chi connectivity index (χ1) is 21.5. The van der Waals surface area contributed by atoms with Crippen LogP contribution in [-0.4, -0.2) is 76.4 Å². The van der Waals surface area contributed by atoms with E-state index in [2.05, 4.69) is 48.1 Å². The van der Waals surface area contributed by atoms with Gasteiger partial charge in [-0.3, -0.25) is 4.79 Å². The maximum absolute atomic E-state index is 12.0. The van der Waals surface area contributed by atoms with E-state index >= 15 is 0 Å². The minimum absolute atomic E-state index is 0.0594. The van der Waals surface area contributed by atoms with Gasteiger partial charge >= 0.3 is 5.97 Å². The molecule has 8 heteroatoms. The highest BCUT2D eigenvalue weighted by molar-refractivity contribution is 5.65. The fraction of sp³-hybridized carbons (Fsp3) is 0.921. The summed E-state index contributed by atoms with van der Waals surface area (Å²) in [5.74, 6) is 2.38. The molecule has 0 aromatic carbocycles. The number of ether oxygens (including phenoxy) is 3. The highest BCUT2D eigenvalue weighted by atomic mass is 16.7. The summed E-state index contributed by atoms with van der Waals surface area (Å²) in [7, 11) is 0. The van der Waals surface area contributed by atoms with Crippen LogP contribution in [0.3, 0.4) is 0 Å². The van der Waals surface area contributed by atoms with Gasteiger partial charge in [0, 0.05) is 12.3 Å². The van der Waals surface area contributed by atoms with Crippen molar-refractivity contribution in [1.82, 2.24) is 0 Å². The minimum atomic E-state index is -1.41. The van der Waals surface area contributed by atoms with E-state index in [1.165, 1.54) is 24.8 Å². The van der Waals surface area contributed by atoms with Crippen LogP contribution in [0.1, 0.15) is 113 Å². The standard InChI is InChI=1S/C38H62O8/c1-21(2)23-11-16-38(20-44-22(3)40)18-17-36(7)24(29(23)38)9-10-27-35(6)14-13-28(34(4,5)26(35)12-15-37(27,36)8)46-32-31(42)30(41)25(19-39)45-33(32)43/h23-33,39,41-43H,1,9-20H2,2-8H3/t23-,24+,25+,26-,27+,28?,29+,30-,31-,32+,33-,35-,36+,37+,38+/m0/s1. The molecule has 6 rings (SSSR count). The van der Waals surface area contributed by atoms with E-state index in [0.717, 1.165) is 44.9 Å². The second kappa shape index (κ2) is 11.8. The zero-order valence-corrected chi connectivity index (χ0v) is 29.5. The Labute approximate surface area is 276 Å². The van der Waals surface area contributed by atoms with Gasteiger partial charge in [-0.05, 0) is 122 Å². The monoisotopic (exact) mass is 646 g/mol. The molecule has 0 bridgehead atoms. The molecule has 46 heavy (non-hydrogen) atoms. The normalized spacial score (nSPS) is 52.9. The van der Waals surface area contributed by atoms with Gasteiger partial charge in [0.05, 0.1) is 19.3 Å². The van der Waals surface area contributed by atoms with Gasteiger partial charge in [-0.2, -0.15) is 0 Å². The number of allylic oxidation sites excluding steroid dienone is 1. The second-order valence-electron chi connectivity index (χ2n) is 18.0. The van der Waals surface area contributed by atoms with Crippen LogP contribution in [0.4, 0.5) is 0 Å². The molecule has 0 aromatic heterocycles. The molecular weight excluding hydrogens is 584 g/mol. The number of hydrogen-bond donors (Lipinski definition) is 4. The maximum Gasteiger partial charge on any atom is 0.302 e. The fourth-order valence-corrected chi connectivity index (χ4v) is 13.4. The number of aliphatic hydroxyl groups is 4. The van der Waals surface area contributed by atoms with E-state index in [0.29, 0.717) is 36.2 Å². The highest BCUT2D eigenvalue weighted by Crippen LogP contribution is 2.77. The molecule has 4 N–H and O–H groups in total. The molecule has 1 unspecified atom stereocenters. The largest absolute Gasteiger partial charge is 0.465 e. The van der Waals surface area contributed by atoms with E-state index in [1.54, 1.807) is 6.92 Å². The van der Waals surface area contributed by atoms with Gasteiger partial charge in [0.15, 0.2) is 6.29 Å². The molecule has 1 saturated heterocycles. The maximum atomic E-state index is 12.0. The third-order valence-electron chi connectivity index (χ3n) is 15.9. The Morgan fingerprint density at radius 3 is 2.22 bits per heavy atom. The Balaban J connectivity index is 1.26. The van der Waals surface area contributed by atoms with Crippen molar-refractivity contribution >= 4 is 5.97 Å². The smallest absolute Gasteiger partial charge is 0.302 e. The summed E-state index contributed by atoms with van der Waals surface area (Å²) in [5, 5.41) is 41.6. The first-order valence-electron chi connectivity index (χ1n) is 18.2. The summed E-state index contributed by atoms with van der Waals surface area (Å²) >= 11 is 0. The van der Waals surface area contributed by atoms with Gasteiger partial charge in [-0.25, -0.2) is 0 Å². The van der Waals surface area contributed by atoms with Gasteiger partial charge in [0.25, 0.3) is 0 Å². The molecule has 0 spiro atoms. The van der Waals surface area contributed by atoms with E-state index in [-0.39, 0.29) is 39.1 Å². The lowest BCUT2D eigenvalue weighted by molar-refractivity contribution is -0.320. The molecule has 0 amide bonds. The quantitative estimate of drug-likeness (QED) is 0.224. The summed E-state index contributed by atoms with van der Waals surface area (Å²) in [6.45, 7) is 20.7. The zero-order valence-electron chi connectivity index (χ0n) is 29.5. The number of hydrogen-bond acceptors (Lipinski definition) is 8. The number of carbonyl (C=O) groups excluding carboxylic acids is 1. The van der Waals surface area contributed by atoms with Crippen molar-refractivity contribution in [3.8, 4) is 0 Å². The van der Waals surface area contributed by atoms with Gasteiger partial charge < -0.3 is 34.6 Å². The zero-order chi connectivity index (χ0) is 33.6. The summed E-state index contributed by atoms with van der Waals surface area (Å²) in [6, 6.07) is 0. The van der Waals surface area contributed by atoms with Crippen LogP contribution in [0.2, 0.25) is 0 Å². The highest BCUT2D eigenvalue weighted by Gasteiger charge is 2.71. The lowest BCUT2D eigenvalue weighted by Gasteiger charge is -2.73. The predicted octanol–water partition coefficient (Wildman–Crippen LogP) is 5.39. The number of esters is 1. The minimum Gasteiger partial charge on any atom is -0.465 e. The summed E-state index contributed by atoms with van der Waals surface area (Å²) in [4.78, 5) is 12.0. The first-order valence-corrected chi connectivity index (χ1v) is 18.2. The number of aliphatic hydroxyl groups excluding tert-OH is 4. The van der Waals surface area contributed by atoms with Crippen LogP contribution in [0, 0.1) is 56.7 Å². The third-order valence-corrected chi connectivity index (χ3v) is 15.9. The molecule has 5 aliphatic carbocycles. The molecule has 262 valence electrons. The number of rotatable bonds is 6. The Hall–Kier alpha value is -1.03. The van der Waals surface area contributed by atoms with Gasteiger partial charge in [-0.15, -0.1) is 0 Å². The van der Waals surface area contributed by atoms with Crippen molar-refractivity contribution in [1.29, 1.82) is 0 Å². The Morgan fingerprint density at radius 2 is 1.57 bits per heavy atom. The third kappa shape index (κ3) is 4.93. The van der Waals surface area contributed by atoms with Crippen LogP contribution >= 0.6 is 0 Å². The molecule has 5 saturated carbocycles. The number of carbonyl (C=O) groups is 1. The molecular formula is C38H62O8. The Kier molecular flexibility index (Phi) is 8.93. The molecule has 8 nitrogen and oxygen atoms in total. The lowest BCUT2D eigenvalue weighted by atomic mass is 9.32. The van der Waals surface area contributed by atoms with Crippen molar-refractivity contribution in [2.45, 2.75) is 149 Å². The predicted molar refractivity (Wildman–Crippen MR) is 174 cm³/mol. The van der Waals surface area contributed by atoms with Crippen LogP contribution in [0.25, 0.3) is 0 Å². The van der Waals surface area contributed by atoms with E-state index in [9.17, 15) is 25.2 Å². The van der Waals surface area contributed by atoms with Crippen molar-refractivity contribution in [3.05, 3.63) is 12.2 Å². The lowest BCUT2D eigenvalue weighted by Crippen LogP contribution is -2.67. The van der Waals surface area contributed by atoms with Crippen LogP contribution < -0.4 is 0 Å². The van der Waals surface area contributed by atoms with E-state index in [1.807, 2.05) is 0 Å². The SMILES string of the molecule is C=C(C)[C@@H]1CC[C@]2(COC(C)=O)CC[C@]3(C)[C@H](CC[C@@H]4[C@@]5(C)CCC(O[C@@H]6[C@@H](O)[C@@H](O)[C@@H](CO)O[C@@H]6O)C(C)(C)[C@@H]5CC[C@]43C)[C@@H]12. The van der Waals surface area contributed by atoms with Crippen LogP contribution in [0.15, 0.2) is 12.2 Å². The second-order valence-corrected chi connectivity index (χ2v) is 18.0. The average molecular weight is 647 g/mol. The number of fused-ring (bicyclic) bond motifs is 7. The Morgan fingerprint density at radius 1 is 0.848 bits per heavy atom. The first kappa shape index (κ1) is 34.8. The van der Waals surface area contributed by atoms with E-state index in [4.69, 9.17) is 14.2 Å². The van der Waals surface area contributed by atoms with Crippen molar-refractivity contribution in [2.24, 2.45) is 56.7 Å². The summed E-state index contributed by atoms with van der Waals surface area (Å²) in [6.07, 6.45) is 4.68. The average Bonchev–Trinajstić information content (AvgIpc) is 3.37. The van der Waals surface area contributed by atoms with Crippen molar-refractivity contribution in [3.63, 3.8) is 0 Å². The molecule has 1 heterocycles. The van der Waals surface area contributed by atoms with Gasteiger partial charge in [-0.1, -0.05) is 46.8 Å². The van der Waals surface area contributed by atoms with Crippen LogP contribution in [-0.2, 0) is 19.0 Å². The summed E-state index contributed by atoms with van der Waals surface area (Å²) < 4.78 is 17.8. The molecule has 1 aliphatic heterocycles. The van der Waals surface area contributed by atoms with Crippen LogP contribution in [0.5, 0.6) is 0 Å². The topological polar surface area (TPSA) is 126 Å². The van der Waals surface area contributed by atoms with E-state index < -0.39 is 37.3 Å². The van der Waals surface area contributed by atoms with Gasteiger partial charge in [0.2, 0.25) is 0 Å². The Bertz CT molecular complexity index is 1190. The molecule has 0 aromatic rings. The van der Waals surface area contributed by atoms with Crippen molar-refractivity contribution in [2.75, 3.05) is 13.2 Å². The fourth-order valence-electron chi connectivity index (χ4n) is 13.4. The molecule has 15 atom stereocenters. The molecule has 0 radical (unpaired) electrons. The summed E-state index contributed by atoms with van der Waals surface area (Å²) in [5.41, 5.74) is 1.64. The van der Waals surface area contributed by atoms with Gasteiger partial charge in [0.1, 0.15) is 24.4 Å².